The molecule has 4 aromatic rings. The van der Waals surface area contributed by atoms with Crippen LogP contribution < -0.4 is 15.4 Å². The number of aryl methyl sites for hydroxylation is 1. The molecule has 0 spiro atoms. The molecule has 1 aromatic heterocycles. The summed E-state index contributed by atoms with van der Waals surface area (Å²) in [5.74, 6) is 0.174. The summed E-state index contributed by atoms with van der Waals surface area (Å²) >= 11 is 0. The smallest absolute Gasteiger partial charge is 0.258 e. The highest BCUT2D eigenvalue weighted by Crippen LogP contribution is 2.18. The quantitative estimate of drug-likeness (QED) is 0.254. The van der Waals surface area contributed by atoms with Gasteiger partial charge in [0, 0.05) is 34.9 Å². The number of benzene rings is 3. The molecule has 3 N–H and O–H groups in total. The van der Waals surface area contributed by atoms with Gasteiger partial charge in [-0.05, 0) is 73.9 Å². The number of aliphatic imine (C=N–C) groups is 1. The number of hydrogen-bond donors (Lipinski definition) is 3. The summed E-state index contributed by atoms with van der Waals surface area (Å²) in [6, 6.07) is 19.9. The fourth-order valence-corrected chi connectivity index (χ4v) is 3.59. The number of ether oxygens (including phenoxy) is 1. The lowest BCUT2D eigenvalue weighted by atomic mass is 10.1. The van der Waals surface area contributed by atoms with E-state index in [0.717, 1.165) is 27.9 Å². The minimum Gasteiger partial charge on any atom is -0.494 e. The van der Waals surface area contributed by atoms with Gasteiger partial charge in [-0.25, -0.2) is 4.39 Å². The van der Waals surface area contributed by atoms with Gasteiger partial charge >= 0.3 is 0 Å². The minimum absolute atomic E-state index is 0.223. The number of halogens is 1. The van der Waals surface area contributed by atoms with Crippen molar-refractivity contribution in [1.82, 2.24) is 10.3 Å². The Morgan fingerprint density at radius 2 is 1.88 bits per heavy atom. The summed E-state index contributed by atoms with van der Waals surface area (Å²) in [6.07, 6.45) is 2.67. The van der Waals surface area contributed by atoms with E-state index in [1.807, 2.05) is 55.6 Å². The van der Waals surface area contributed by atoms with Crippen LogP contribution in [0.1, 0.15) is 28.4 Å². The monoisotopic (exact) mass is 458 g/mol. The first-order valence-electron chi connectivity index (χ1n) is 11.2. The van der Waals surface area contributed by atoms with Gasteiger partial charge < -0.3 is 15.0 Å². The molecule has 6 nitrogen and oxygen atoms in total. The first-order chi connectivity index (χ1) is 16.5. The highest BCUT2D eigenvalue weighted by atomic mass is 19.1. The Morgan fingerprint density at radius 3 is 2.65 bits per heavy atom. The van der Waals surface area contributed by atoms with Gasteiger partial charge in [-0.3, -0.25) is 15.1 Å². The van der Waals surface area contributed by atoms with Crippen LogP contribution in [0.4, 0.5) is 10.1 Å². The lowest BCUT2D eigenvalue weighted by Gasteiger charge is -2.13. The second-order valence-electron chi connectivity index (χ2n) is 7.84. The molecule has 1 heterocycles. The molecule has 0 atom stereocenters. The molecule has 0 unspecified atom stereocenters. The van der Waals surface area contributed by atoms with E-state index >= 15 is 0 Å². The molecule has 0 bridgehead atoms. The number of rotatable bonds is 7. The summed E-state index contributed by atoms with van der Waals surface area (Å²) in [5.41, 5.74) is 3.66. The maximum atomic E-state index is 14.0. The Labute approximate surface area is 197 Å². The van der Waals surface area contributed by atoms with Gasteiger partial charge in [0.15, 0.2) is 0 Å². The van der Waals surface area contributed by atoms with Crippen LogP contribution in [-0.4, -0.2) is 30.0 Å². The van der Waals surface area contributed by atoms with Crippen molar-refractivity contribution in [1.29, 1.82) is 0 Å². The Balaban J connectivity index is 1.51. The molecule has 174 valence electrons. The summed E-state index contributed by atoms with van der Waals surface area (Å²) in [7, 11) is 0. The predicted octanol–water partition coefficient (Wildman–Crippen LogP) is 5.45. The van der Waals surface area contributed by atoms with E-state index in [1.54, 1.807) is 19.1 Å². The topological polar surface area (TPSA) is 78.5 Å². The minimum atomic E-state index is -0.441. The number of para-hydroxylation sites is 1. The molecule has 7 heteroatoms. The summed E-state index contributed by atoms with van der Waals surface area (Å²) in [6.45, 7) is 4.61. The fourth-order valence-electron chi connectivity index (χ4n) is 3.59. The summed E-state index contributed by atoms with van der Waals surface area (Å²) in [5, 5.41) is 7.08. The van der Waals surface area contributed by atoms with Crippen molar-refractivity contribution in [3.63, 3.8) is 0 Å². The van der Waals surface area contributed by atoms with Crippen molar-refractivity contribution in [3.05, 3.63) is 95.4 Å². The Bertz CT molecular complexity index is 1310. The largest absolute Gasteiger partial charge is 0.494 e. The standard InChI is InChI=1S/C27H27FN4O2/c1-3-34-22-12-10-21(11-13-22)31-27(32-26(33)19-9-8-18(2)24(28)16-19)29-15-14-20-17-30-25-7-5-4-6-23(20)25/h4-13,16-17,30H,3,14-15H2,1-2H3,(H2,29,31,32,33). The molecular formula is C27H27FN4O2. The third-order valence-electron chi connectivity index (χ3n) is 5.42. The van der Waals surface area contributed by atoms with Gasteiger partial charge in [0.2, 0.25) is 5.96 Å². The Hall–Kier alpha value is -4.13. The molecular weight excluding hydrogens is 431 g/mol. The highest BCUT2D eigenvalue weighted by Gasteiger charge is 2.12. The van der Waals surface area contributed by atoms with Gasteiger partial charge in [0.25, 0.3) is 5.91 Å². The molecule has 0 radical (unpaired) electrons. The third kappa shape index (κ3) is 5.61. The first kappa shape index (κ1) is 23.0. The van der Waals surface area contributed by atoms with Crippen LogP contribution in [0.5, 0.6) is 5.75 Å². The number of anilines is 1. The number of nitrogens with zero attached hydrogens (tertiary/aromatic N) is 1. The number of carbonyl (C=O) groups excluding carboxylic acids is 1. The average molecular weight is 459 g/mol. The van der Waals surface area contributed by atoms with E-state index in [0.29, 0.717) is 25.1 Å². The van der Waals surface area contributed by atoms with Crippen LogP contribution in [0.2, 0.25) is 0 Å². The number of hydrogen-bond acceptors (Lipinski definition) is 3. The van der Waals surface area contributed by atoms with Gasteiger partial charge in [-0.15, -0.1) is 0 Å². The van der Waals surface area contributed by atoms with Crippen LogP contribution in [0.15, 0.2) is 77.9 Å². The van der Waals surface area contributed by atoms with Crippen LogP contribution in [0.3, 0.4) is 0 Å². The van der Waals surface area contributed by atoms with Gasteiger partial charge in [0.05, 0.1) is 6.61 Å². The fraction of sp³-hybridized carbons (Fsp3) is 0.185. The summed E-state index contributed by atoms with van der Waals surface area (Å²) < 4.78 is 19.5. The van der Waals surface area contributed by atoms with E-state index < -0.39 is 11.7 Å². The Kier molecular flexibility index (Phi) is 7.22. The Morgan fingerprint density at radius 1 is 1.09 bits per heavy atom. The molecule has 34 heavy (non-hydrogen) atoms. The average Bonchev–Trinajstić information content (AvgIpc) is 3.25. The predicted molar refractivity (Wildman–Crippen MR) is 134 cm³/mol. The van der Waals surface area contributed by atoms with Crippen molar-refractivity contribution in [2.24, 2.45) is 4.99 Å². The number of aromatic nitrogens is 1. The zero-order valence-electron chi connectivity index (χ0n) is 19.2. The number of fused-ring (bicyclic) bond motifs is 1. The maximum Gasteiger partial charge on any atom is 0.258 e. The normalized spacial score (nSPS) is 11.4. The number of guanidine groups is 1. The number of aromatic amines is 1. The van der Waals surface area contributed by atoms with E-state index in [2.05, 4.69) is 26.7 Å². The first-order valence-corrected chi connectivity index (χ1v) is 11.2. The molecule has 0 saturated carbocycles. The number of amides is 1. The molecule has 3 aromatic carbocycles. The van der Waals surface area contributed by atoms with Gasteiger partial charge in [-0.1, -0.05) is 24.3 Å². The molecule has 0 fully saturated rings. The third-order valence-corrected chi connectivity index (χ3v) is 5.42. The number of carbonyl (C=O) groups is 1. The van der Waals surface area contributed by atoms with Crippen LogP contribution in [0.25, 0.3) is 10.9 Å². The van der Waals surface area contributed by atoms with Crippen LogP contribution >= 0.6 is 0 Å². The highest BCUT2D eigenvalue weighted by molar-refractivity contribution is 6.10. The van der Waals surface area contributed by atoms with E-state index in [1.165, 1.54) is 6.07 Å². The van der Waals surface area contributed by atoms with Crippen molar-refractivity contribution in [3.8, 4) is 5.75 Å². The molecule has 1 amide bonds. The van der Waals surface area contributed by atoms with E-state index in [-0.39, 0.29) is 11.5 Å². The number of nitrogens with one attached hydrogen (secondary N) is 3. The lowest BCUT2D eigenvalue weighted by molar-refractivity contribution is 0.0976. The second-order valence-corrected chi connectivity index (χ2v) is 7.84. The van der Waals surface area contributed by atoms with Crippen molar-refractivity contribution in [2.75, 3.05) is 18.5 Å². The summed E-state index contributed by atoms with van der Waals surface area (Å²) in [4.78, 5) is 20.7. The molecule has 0 aliphatic heterocycles. The second kappa shape index (κ2) is 10.7. The molecule has 0 aliphatic rings. The van der Waals surface area contributed by atoms with Gasteiger partial charge in [0.1, 0.15) is 11.6 Å². The van der Waals surface area contributed by atoms with Gasteiger partial charge in [-0.2, -0.15) is 0 Å². The van der Waals surface area contributed by atoms with Crippen molar-refractivity contribution >= 4 is 28.5 Å². The maximum absolute atomic E-state index is 14.0. The van der Waals surface area contributed by atoms with E-state index in [9.17, 15) is 9.18 Å². The zero-order valence-corrected chi connectivity index (χ0v) is 19.2. The van der Waals surface area contributed by atoms with Crippen LogP contribution in [-0.2, 0) is 6.42 Å². The molecule has 4 rings (SSSR count). The zero-order chi connectivity index (χ0) is 23.9. The molecule has 0 aliphatic carbocycles. The van der Waals surface area contributed by atoms with Crippen molar-refractivity contribution < 1.29 is 13.9 Å². The SMILES string of the molecule is CCOc1ccc(NC(=NCCc2c[nH]c3ccccc23)NC(=O)c2ccc(C)c(F)c2)cc1. The number of H-pyrrole nitrogens is 1. The molecule has 0 saturated heterocycles. The van der Waals surface area contributed by atoms with Crippen LogP contribution in [0, 0.1) is 12.7 Å². The van der Waals surface area contributed by atoms with E-state index in [4.69, 9.17) is 4.74 Å². The van der Waals surface area contributed by atoms with Crippen molar-refractivity contribution in [2.45, 2.75) is 20.3 Å². The lowest BCUT2D eigenvalue weighted by Crippen LogP contribution is -2.36.